The Morgan fingerprint density at radius 2 is 1.82 bits per heavy atom. The maximum atomic E-state index is 13.1. The van der Waals surface area contributed by atoms with Crippen molar-refractivity contribution in [3.05, 3.63) is 71.3 Å². The molecule has 1 fully saturated rings. The third kappa shape index (κ3) is 4.24. The molecule has 0 spiro atoms. The average Bonchev–Trinajstić information content (AvgIpc) is 3.39. The van der Waals surface area contributed by atoms with Gasteiger partial charge in [0.15, 0.2) is 0 Å². The number of allylic oxidation sites excluding steroid dienone is 2. The number of benzene rings is 2. The summed E-state index contributed by atoms with van der Waals surface area (Å²) in [7, 11) is -4.02. The number of nitrogens with one attached hydrogen (secondary N) is 3. The van der Waals surface area contributed by atoms with Crippen molar-refractivity contribution in [3.8, 4) is 0 Å². The molecule has 0 aromatic heterocycles. The number of sulfonamides is 1. The van der Waals surface area contributed by atoms with Gasteiger partial charge in [0, 0.05) is 12.1 Å². The molecule has 1 amide bonds. The Morgan fingerprint density at radius 1 is 1.06 bits per heavy atom. The van der Waals surface area contributed by atoms with E-state index in [0.29, 0.717) is 35.4 Å². The van der Waals surface area contributed by atoms with Gasteiger partial charge in [-0.2, -0.15) is 17.9 Å². The maximum Gasteiger partial charge on any atom is 0.416 e. The van der Waals surface area contributed by atoms with E-state index in [4.69, 9.17) is 0 Å². The van der Waals surface area contributed by atoms with Gasteiger partial charge in [-0.05, 0) is 66.5 Å². The summed E-state index contributed by atoms with van der Waals surface area (Å²) >= 11 is 0. The number of alkyl halides is 3. The molecule has 6 nitrogen and oxygen atoms in total. The Morgan fingerprint density at radius 3 is 2.45 bits per heavy atom. The highest BCUT2D eigenvalue weighted by Gasteiger charge is 2.36. The molecule has 33 heavy (non-hydrogen) atoms. The fraction of sp³-hybridized carbons (Fsp3) is 0.348. The summed E-state index contributed by atoms with van der Waals surface area (Å²) in [5.74, 6) is 1.39. The molecule has 10 heteroatoms. The largest absolute Gasteiger partial charge is 0.416 e. The molecule has 5 rings (SSSR count). The molecule has 174 valence electrons. The van der Waals surface area contributed by atoms with Crippen LogP contribution in [0.1, 0.15) is 40.5 Å². The highest BCUT2D eigenvalue weighted by Crippen LogP contribution is 2.43. The topological polar surface area (TPSA) is 87.3 Å². The Bertz CT molecular complexity index is 1230. The SMILES string of the molecule is O=C(NC[C@@H]1C[C@H]2C=C[C@H]1C2)c1ccc([C@H]2Nc3cc(C(F)(F)F)ccc3S(=O)(=O)N2)cc1. The average molecular weight is 478 g/mol. The van der Waals surface area contributed by atoms with Crippen molar-refractivity contribution in [2.24, 2.45) is 17.8 Å². The van der Waals surface area contributed by atoms with Crippen LogP contribution < -0.4 is 15.4 Å². The first-order valence-electron chi connectivity index (χ1n) is 10.7. The lowest BCUT2D eigenvalue weighted by Crippen LogP contribution is -2.38. The van der Waals surface area contributed by atoms with Gasteiger partial charge in [-0.3, -0.25) is 4.79 Å². The zero-order valence-electron chi connectivity index (χ0n) is 17.4. The van der Waals surface area contributed by atoms with Crippen LogP contribution in [0.3, 0.4) is 0 Å². The molecular formula is C23H22F3N3O3S. The lowest BCUT2D eigenvalue weighted by atomic mass is 9.93. The normalized spacial score (nSPS) is 27.1. The second kappa shape index (κ2) is 7.88. The van der Waals surface area contributed by atoms with E-state index < -0.39 is 27.9 Å². The zero-order valence-corrected chi connectivity index (χ0v) is 18.2. The fourth-order valence-corrected chi connectivity index (χ4v) is 6.18. The quantitative estimate of drug-likeness (QED) is 0.580. The van der Waals surface area contributed by atoms with Crippen molar-refractivity contribution in [2.45, 2.75) is 30.1 Å². The predicted octanol–water partition coefficient (Wildman–Crippen LogP) is 4.05. The molecule has 0 radical (unpaired) electrons. The van der Waals surface area contributed by atoms with Gasteiger partial charge in [-0.15, -0.1) is 0 Å². The van der Waals surface area contributed by atoms with Crippen LogP contribution in [0.4, 0.5) is 18.9 Å². The minimum absolute atomic E-state index is 0.129. The monoisotopic (exact) mass is 477 g/mol. The van der Waals surface area contributed by atoms with E-state index in [1.807, 2.05) is 0 Å². The number of fused-ring (bicyclic) bond motifs is 3. The standard InChI is InChI=1S/C23H22F3N3O3S/c24-23(25,26)18-7-8-20-19(11-18)28-21(29-33(20,31)32)14-3-5-15(6-4-14)22(30)27-12-17-10-13-1-2-16(17)9-13/h1-8,11,13,16-17,21,28-29H,9-10,12H2,(H,27,30)/t13-,16-,17-,21-/m0/s1. The van der Waals surface area contributed by atoms with Gasteiger partial charge < -0.3 is 10.6 Å². The van der Waals surface area contributed by atoms with Crippen LogP contribution in [0, 0.1) is 17.8 Å². The summed E-state index contributed by atoms with van der Waals surface area (Å²) < 4.78 is 66.7. The van der Waals surface area contributed by atoms with Crippen LogP contribution >= 0.6 is 0 Å². The molecule has 4 atom stereocenters. The second-order valence-corrected chi connectivity index (χ2v) is 10.5. The Balaban J connectivity index is 1.29. The van der Waals surface area contributed by atoms with E-state index in [9.17, 15) is 26.4 Å². The molecule has 3 aliphatic rings. The van der Waals surface area contributed by atoms with E-state index in [-0.39, 0.29) is 16.5 Å². The summed E-state index contributed by atoms with van der Waals surface area (Å²) in [6, 6.07) is 8.75. The smallest absolute Gasteiger partial charge is 0.364 e. The summed E-state index contributed by atoms with van der Waals surface area (Å²) in [4.78, 5) is 12.3. The van der Waals surface area contributed by atoms with Gasteiger partial charge in [0.25, 0.3) is 5.91 Å². The Labute approximate surface area is 189 Å². The first-order chi connectivity index (χ1) is 15.6. The van der Waals surface area contributed by atoms with Crippen LogP contribution in [0.5, 0.6) is 0 Å². The third-order valence-corrected chi connectivity index (χ3v) is 8.10. The van der Waals surface area contributed by atoms with E-state index in [2.05, 4.69) is 27.5 Å². The fourth-order valence-electron chi connectivity index (χ4n) is 4.89. The van der Waals surface area contributed by atoms with Crippen LogP contribution in [0.2, 0.25) is 0 Å². The van der Waals surface area contributed by atoms with Crippen LogP contribution in [-0.2, 0) is 16.2 Å². The molecule has 3 N–H and O–H groups in total. The van der Waals surface area contributed by atoms with Gasteiger partial charge in [0.05, 0.1) is 11.3 Å². The number of halogens is 3. The lowest BCUT2D eigenvalue weighted by molar-refractivity contribution is -0.137. The van der Waals surface area contributed by atoms with Gasteiger partial charge in [0.2, 0.25) is 10.0 Å². The number of carbonyl (C=O) groups excluding carboxylic acids is 1. The minimum Gasteiger partial charge on any atom is -0.364 e. The molecule has 1 aliphatic heterocycles. The van der Waals surface area contributed by atoms with Crippen LogP contribution in [-0.4, -0.2) is 20.9 Å². The van der Waals surface area contributed by atoms with E-state index in [1.54, 1.807) is 24.3 Å². The van der Waals surface area contributed by atoms with Crippen molar-refractivity contribution in [2.75, 3.05) is 11.9 Å². The van der Waals surface area contributed by atoms with Gasteiger partial charge in [-0.1, -0.05) is 24.3 Å². The number of hydrogen-bond donors (Lipinski definition) is 3. The minimum atomic E-state index is -4.59. The first-order valence-corrected chi connectivity index (χ1v) is 12.1. The Kier molecular flexibility index (Phi) is 5.24. The van der Waals surface area contributed by atoms with E-state index >= 15 is 0 Å². The van der Waals surface area contributed by atoms with Crippen molar-refractivity contribution in [1.82, 2.24) is 10.0 Å². The molecule has 2 aliphatic carbocycles. The molecule has 2 bridgehead atoms. The summed E-state index contributed by atoms with van der Waals surface area (Å²) in [5.41, 5.74) is -0.176. The molecule has 1 heterocycles. The second-order valence-electron chi connectivity index (χ2n) is 8.78. The highest BCUT2D eigenvalue weighted by atomic mass is 32.2. The van der Waals surface area contributed by atoms with Crippen molar-refractivity contribution in [1.29, 1.82) is 0 Å². The first kappa shape index (κ1) is 22.0. The molecule has 1 saturated carbocycles. The lowest BCUT2D eigenvalue weighted by Gasteiger charge is -2.29. The number of rotatable bonds is 4. The van der Waals surface area contributed by atoms with Crippen molar-refractivity contribution < 1.29 is 26.4 Å². The molecular weight excluding hydrogens is 455 g/mol. The van der Waals surface area contributed by atoms with Gasteiger partial charge >= 0.3 is 6.18 Å². The molecule has 2 aromatic rings. The number of carbonyl (C=O) groups is 1. The molecule has 2 aromatic carbocycles. The van der Waals surface area contributed by atoms with E-state index in [1.165, 1.54) is 0 Å². The summed E-state index contributed by atoms with van der Waals surface area (Å²) in [5, 5.41) is 5.78. The maximum absolute atomic E-state index is 13.1. The number of amides is 1. The van der Waals surface area contributed by atoms with Crippen molar-refractivity contribution >= 4 is 21.6 Å². The zero-order chi connectivity index (χ0) is 23.4. The summed E-state index contributed by atoms with van der Waals surface area (Å²) in [6.45, 7) is 0.606. The predicted molar refractivity (Wildman–Crippen MR) is 116 cm³/mol. The number of anilines is 1. The van der Waals surface area contributed by atoms with Crippen LogP contribution in [0.15, 0.2) is 59.5 Å². The molecule has 0 unspecified atom stereocenters. The molecule has 0 saturated heterocycles. The van der Waals surface area contributed by atoms with Crippen LogP contribution in [0.25, 0.3) is 0 Å². The van der Waals surface area contributed by atoms with Gasteiger partial charge in [-0.25, -0.2) is 8.42 Å². The number of hydrogen-bond acceptors (Lipinski definition) is 4. The van der Waals surface area contributed by atoms with E-state index in [0.717, 1.165) is 31.0 Å². The van der Waals surface area contributed by atoms with Crippen molar-refractivity contribution in [3.63, 3.8) is 0 Å². The summed E-state index contributed by atoms with van der Waals surface area (Å²) in [6.07, 6.45) is 1.16. The Hall–Kier alpha value is -2.85. The van der Waals surface area contributed by atoms with Gasteiger partial charge in [0.1, 0.15) is 11.1 Å². The highest BCUT2D eigenvalue weighted by molar-refractivity contribution is 7.89. The third-order valence-electron chi connectivity index (χ3n) is 6.62.